The molecule has 2 unspecified atom stereocenters. The first-order chi connectivity index (χ1) is 8.91. The van der Waals surface area contributed by atoms with Crippen LogP contribution < -0.4 is 5.32 Å². The molecular formula is C13H16BrNO3S. The van der Waals surface area contributed by atoms with Crippen LogP contribution in [0.5, 0.6) is 5.75 Å². The van der Waals surface area contributed by atoms with Crippen molar-refractivity contribution in [2.24, 2.45) is 0 Å². The maximum Gasteiger partial charge on any atom is 0.173 e. The summed E-state index contributed by atoms with van der Waals surface area (Å²) in [6, 6.07) is 4.97. The van der Waals surface area contributed by atoms with Crippen LogP contribution in [-0.2, 0) is 9.84 Å². The average molecular weight is 346 g/mol. The van der Waals surface area contributed by atoms with Crippen LogP contribution >= 0.6 is 15.9 Å². The third-order valence-corrected chi connectivity index (χ3v) is 5.01. The number of sulfone groups is 1. The topological polar surface area (TPSA) is 66.4 Å². The predicted octanol–water partition coefficient (Wildman–Crippen LogP) is 2.51. The zero-order valence-electron chi connectivity index (χ0n) is 10.5. The van der Waals surface area contributed by atoms with E-state index in [1.54, 1.807) is 18.2 Å². The van der Waals surface area contributed by atoms with Gasteiger partial charge in [0.15, 0.2) is 9.84 Å². The molecule has 0 fully saturated rings. The summed E-state index contributed by atoms with van der Waals surface area (Å²) in [5.74, 6) is 0.297. The molecule has 1 aromatic carbocycles. The van der Waals surface area contributed by atoms with E-state index in [0.717, 1.165) is 16.5 Å². The molecule has 0 bridgehead atoms. The zero-order chi connectivity index (χ0) is 14.0. The normalized spacial score (nSPS) is 22.5. The molecule has 2 rings (SSSR count). The lowest BCUT2D eigenvalue weighted by Crippen LogP contribution is -2.33. The van der Waals surface area contributed by atoms with Crippen LogP contribution in [0.1, 0.15) is 24.9 Å². The first kappa shape index (κ1) is 14.6. The SMILES string of the molecule is CCC(NC1C=CS(=O)(=O)C1)c1cc(Br)ccc1O. The van der Waals surface area contributed by atoms with E-state index in [4.69, 9.17) is 0 Å². The number of hydrogen-bond donors (Lipinski definition) is 2. The van der Waals surface area contributed by atoms with Crippen LogP contribution in [0.3, 0.4) is 0 Å². The van der Waals surface area contributed by atoms with Crippen LogP contribution in [0.2, 0.25) is 0 Å². The predicted molar refractivity (Wildman–Crippen MR) is 78.7 cm³/mol. The van der Waals surface area contributed by atoms with Crippen LogP contribution in [0, 0.1) is 0 Å². The molecule has 6 heteroatoms. The van der Waals surface area contributed by atoms with E-state index in [9.17, 15) is 13.5 Å². The Morgan fingerprint density at radius 1 is 1.53 bits per heavy atom. The molecule has 1 aliphatic rings. The molecule has 1 heterocycles. The maximum atomic E-state index is 11.4. The fourth-order valence-electron chi connectivity index (χ4n) is 2.17. The van der Waals surface area contributed by atoms with Crippen molar-refractivity contribution in [2.75, 3.05) is 5.75 Å². The molecule has 104 valence electrons. The van der Waals surface area contributed by atoms with Crippen LogP contribution in [-0.4, -0.2) is 25.3 Å². The standard InChI is InChI=1S/C13H16BrNO3S/c1-2-12(11-7-9(14)3-4-13(11)16)15-10-5-6-19(17,18)8-10/h3-7,10,12,15-16H,2,8H2,1H3. The second-order valence-electron chi connectivity index (χ2n) is 4.60. The summed E-state index contributed by atoms with van der Waals surface area (Å²) in [5.41, 5.74) is 0.773. The van der Waals surface area contributed by atoms with Crippen LogP contribution in [0.15, 0.2) is 34.2 Å². The highest BCUT2D eigenvalue weighted by Gasteiger charge is 2.25. The van der Waals surface area contributed by atoms with Crippen molar-refractivity contribution < 1.29 is 13.5 Å². The molecule has 0 radical (unpaired) electrons. The molecule has 0 saturated heterocycles. The Labute approximate surface area is 121 Å². The van der Waals surface area contributed by atoms with E-state index in [2.05, 4.69) is 21.2 Å². The quantitative estimate of drug-likeness (QED) is 0.879. The number of aromatic hydroxyl groups is 1. The molecule has 0 saturated carbocycles. The van der Waals surface area contributed by atoms with Gasteiger partial charge in [0.2, 0.25) is 0 Å². The number of nitrogens with one attached hydrogen (secondary N) is 1. The molecule has 1 aliphatic heterocycles. The van der Waals surface area contributed by atoms with Crippen molar-refractivity contribution in [1.82, 2.24) is 5.32 Å². The van der Waals surface area contributed by atoms with E-state index in [1.807, 2.05) is 13.0 Å². The minimum atomic E-state index is -3.06. The summed E-state index contributed by atoms with van der Waals surface area (Å²) in [4.78, 5) is 0. The minimum absolute atomic E-state index is 0.0816. The molecule has 0 aromatic heterocycles. The van der Waals surface area contributed by atoms with Crippen molar-refractivity contribution in [2.45, 2.75) is 25.4 Å². The van der Waals surface area contributed by atoms with Gasteiger partial charge in [0.05, 0.1) is 5.75 Å². The van der Waals surface area contributed by atoms with E-state index in [1.165, 1.54) is 5.41 Å². The molecular weight excluding hydrogens is 330 g/mol. The number of rotatable bonds is 4. The van der Waals surface area contributed by atoms with Crippen LogP contribution in [0.4, 0.5) is 0 Å². The smallest absolute Gasteiger partial charge is 0.173 e. The lowest BCUT2D eigenvalue weighted by molar-refractivity contribution is 0.434. The van der Waals surface area contributed by atoms with E-state index < -0.39 is 9.84 Å². The van der Waals surface area contributed by atoms with Crippen molar-refractivity contribution in [3.05, 3.63) is 39.7 Å². The Balaban J connectivity index is 2.17. The van der Waals surface area contributed by atoms with Gasteiger partial charge in [-0.15, -0.1) is 0 Å². The number of phenolic OH excluding ortho intramolecular Hbond substituents is 1. The summed E-state index contributed by atoms with van der Waals surface area (Å²) >= 11 is 3.38. The van der Waals surface area contributed by atoms with Crippen LogP contribution in [0.25, 0.3) is 0 Å². The van der Waals surface area contributed by atoms with Gasteiger partial charge in [-0.3, -0.25) is 0 Å². The molecule has 0 spiro atoms. The summed E-state index contributed by atoms with van der Waals surface area (Å²) in [6.45, 7) is 1.99. The molecule has 2 N–H and O–H groups in total. The Kier molecular flexibility index (Phi) is 4.32. The summed E-state index contributed by atoms with van der Waals surface area (Å²) in [7, 11) is -3.06. The monoisotopic (exact) mass is 345 g/mol. The Bertz CT molecular complexity index is 598. The van der Waals surface area contributed by atoms with E-state index >= 15 is 0 Å². The lowest BCUT2D eigenvalue weighted by Gasteiger charge is -2.22. The summed E-state index contributed by atoms with van der Waals surface area (Å²) < 4.78 is 23.7. The van der Waals surface area contributed by atoms with Crippen molar-refractivity contribution in [1.29, 1.82) is 0 Å². The molecule has 1 aromatic rings. The Morgan fingerprint density at radius 3 is 2.84 bits per heavy atom. The highest BCUT2D eigenvalue weighted by Crippen LogP contribution is 2.30. The van der Waals surface area contributed by atoms with E-state index in [0.29, 0.717) is 0 Å². The van der Waals surface area contributed by atoms with Gasteiger partial charge in [-0.05, 0) is 24.6 Å². The molecule has 0 aliphatic carbocycles. The first-order valence-electron chi connectivity index (χ1n) is 6.06. The third-order valence-electron chi connectivity index (χ3n) is 3.12. The van der Waals surface area contributed by atoms with Gasteiger partial charge >= 0.3 is 0 Å². The van der Waals surface area contributed by atoms with E-state index in [-0.39, 0.29) is 23.6 Å². The Hall–Kier alpha value is -0.850. The third kappa shape index (κ3) is 3.58. The number of halogens is 1. The van der Waals surface area contributed by atoms with Gasteiger partial charge in [-0.2, -0.15) is 0 Å². The van der Waals surface area contributed by atoms with Gasteiger partial charge in [-0.25, -0.2) is 8.42 Å². The average Bonchev–Trinajstić information content (AvgIpc) is 2.69. The fourth-order valence-corrected chi connectivity index (χ4v) is 3.80. The number of hydrogen-bond acceptors (Lipinski definition) is 4. The molecule has 19 heavy (non-hydrogen) atoms. The van der Waals surface area contributed by atoms with Crippen molar-refractivity contribution in [3.63, 3.8) is 0 Å². The molecule has 0 amide bonds. The maximum absolute atomic E-state index is 11.4. The second kappa shape index (κ2) is 5.64. The second-order valence-corrected chi connectivity index (χ2v) is 7.44. The van der Waals surface area contributed by atoms with Gasteiger partial charge in [0.1, 0.15) is 5.75 Å². The first-order valence-corrected chi connectivity index (χ1v) is 8.57. The minimum Gasteiger partial charge on any atom is -0.508 e. The number of phenols is 1. The largest absolute Gasteiger partial charge is 0.508 e. The highest BCUT2D eigenvalue weighted by molar-refractivity contribution is 9.10. The zero-order valence-corrected chi connectivity index (χ0v) is 12.9. The van der Waals surface area contributed by atoms with Gasteiger partial charge < -0.3 is 10.4 Å². The fraction of sp³-hybridized carbons (Fsp3) is 0.385. The van der Waals surface area contributed by atoms with Gasteiger partial charge in [-0.1, -0.05) is 28.9 Å². The Morgan fingerprint density at radius 2 is 2.26 bits per heavy atom. The van der Waals surface area contributed by atoms with Crippen molar-refractivity contribution in [3.8, 4) is 5.75 Å². The summed E-state index contributed by atoms with van der Waals surface area (Å²) in [6.07, 6.45) is 2.42. The number of benzene rings is 1. The lowest BCUT2D eigenvalue weighted by atomic mass is 10.0. The highest BCUT2D eigenvalue weighted by atomic mass is 79.9. The van der Waals surface area contributed by atoms with Gasteiger partial charge in [0, 0.05) is 27.5 Å². The molecule has 4 nitrogen and oxygen atoms in total. The van der Waals surface area contributed by atoms with Gasteiger partial charge in [0.25, 0.3) is 0 Å². The molecule has 2 atom stereocenters. The van der Waals surface area contributed by atoms with Crippen molar-refractivity contribution >= 4 is 25.8 Å². The summed E-state index contributed by atoms with van der Waals surface area (Å²) in [5, 5.41) is 14.4.